The maximum absolute atomic E-state index is 11.4. The van der Waals surface area contributed by atoms with Gasteiger partial charge in [-0.2, -0.15) is 30.9 Å². The molecule has 0 N–H and O–H groups in total. The van der Waals surface area contributed by atoms with Crippen LogP contribution < -0.4 is 4.57 Å². The van der Waals surface area contributed by atoms with Crippen molar-refractivity contribution in [3.8, 4) is 0 Å². The average Bonchev–Trinajstić information content (AvgIpc) is 2.44. The number of carbonyl (C=O) groups excluding carboxylic acids is 1. The Balaban J connectivity index is 0.000000525. The molecular weight excluding hydrogens is 442 g/mol. The Morgan fingerprint density at radius 3 is 1.61 bits per heavy atom. The number of hydrogen-bond donors (Lipinski definition) is 0. The lowest BCUT2D eigenvalue weighted by molar-refractivity contribution is -0.684. The lowest BCUT2D eigenvalue weighted by atomic mass is 10.1. The van der Waals surface area contributed by atoms with Crippen molar-refractivity contribution in [2.24, 2.45) is 5.92 Å². The first-order valence-corrected chi connectivity index (χ1v) is 10.1. The molecular formula is C13H16F6N2O5S2. The van der Waals surface area contributed by atoms with Crippen LogP contribution in [-0.4, -0.2) is 33.6 Å². The van der Waals surface area contributed by atoms with E-state index in [-0.39, 0.29) is 0 Å². The summed E-state index contributed by atoms with van der Waals surface area (Å²) in [6, 6.07) is 5.81. The summed E-state index contributed by atoms with van der Waals surface area (Å²) in [6.45, 7) is 4.63. The summed E-state index contributed by atoms with van der Waals surface area (Å²) in [5, 5.41) is 0. The topological polar surface area (TPSA) is 103 Å². The third-order valence-corrected chi connectivity index (χ3v) is 5.29. The molecule has 0 aliphatic heterocycles. The molecule has 7 nitrogen and oxygen atoms in total. The van der Waals surface area contributed by atoms with Crippen LogP contribution in [0.5, 0.6) is 0 Å². The smallest absolute Gasteiger partial charge is 0.421 e. The molecule has 1 aromatic heterocycles. The van der Waals surface area contributed by atoms with Crippen molar-refractivity contribution in [2.75, 3.05) is 0 Å². The molecule has 0 unspecified atom stereocenters. The number of alkyl halides is 6. The summed E-state index contributed by atoms with van der Waals surface area (Å²) in [6.07, 6.45) is 4.50. The molecule has 1 aromatic rings. The van der Waals surface area contributed by atoms with Crippen molar-refractivity contribution in [2.45, 2.75) is 37.8 Å². The predicted molar refractivity (Wildman–Crippen MR) is 84.4 cm³/mol. The van der Waals surface area contributed by atoms with Crippen molar-refractivity contribution in [1.82, 2.24) is 0 Å². The van der Waals surface area contributed by atoms with Gasteiger partial charge in [0.15, 0.2) is 38.2 Å². The predicted octanol–water partition coefficient (Wildman–Crippen LogP) is 2.65. The minimum absolute atomic E-state index is 0.297. The van der Waals surface area contributed by atoms with E-state index >= 15 is 0 Å². The molecule has 0 aliphatic rings. The van der Waals surface area contributed by atoms with Crippen LogP contribution in [0.1, 0.15) is 20.3 Å². The van der Waals surface area contributed by atoms with Gasteiger partial charge in [-0.3, -0.25) is 4.79 Å². The Morgan fingerprint density at radius 1 is 0.893 bits per heavy atom. The molecule has 15 heteroatoms. The van der Waals surface area contributed by atoms with Crippen LogP contribution in [0.3, 0.4) is 0 Å². The van der Waals surface area contributed by atoms with E-state index in [4.69, 9.17) is 0 Å². The van der Waals surface area contributed by atoms with Gasteiger partial charge in [0.05, 0.1) is 0 Å². The second-order valence-electron chi connectivity index (χ2n) is 5.60. The van der Waals surface area contributed by atoms with Gasteiger partial charge in [0.2, 0.25) is 6.54 Å². The molecule has 1 heterocycles. The number of rotatable bonds is 6. The molecule has 0 saturated carbocycles. The molecule has 28 heavy (non-hydrogen) atoms. The molecule has 0 amide bonds. The lowest BCUT2D eigenvalue weighted by Gasteiger charge is -2.22. The molecule has 0 fully saturated rings. The Bertz CT molecular complexity index is 808. The van der Waals surface area contributed by atoms with E-state index in [0.717, 1.165) is 4.13 Å². The van der Waals surface area contributed by atoms with Crippen LogP contribution in [0.4, 0.5) is 26.3 Å². The number of pyridine rings is 1. The van der Waals surface area contributed by atoms with Gasteiger partial charge in [0.1, 0.15) is 0 Å². The molecule has 0 bridgehead atoms. The second-order valence-corrected chi connectivity index (χ2v) is 9.02. The number of Topliss-reactive ketones (excluding diaryl/α,β-unsaturated/α-hetero) is 1. The first-order chi connectivity index (χ1) is 12.4. The van der Waals surface area contributed by atoms with E-state index in [9.17, 15) is 48.0 Å². The van der Waals surface area contributed by atoms with Gasteiger partial charge >= 0.3 is 11.0 Å². The van der Waals surface area contributed by atoms with Crippen LogP contribution in [-0.2, 0) is 31.4 Å². The third-order valence-electron chi connectivity index (χ3n) is 2.55. The fraction of sp³-hybridized carbons (Fsp3) is 0.538. The van der Waals surface area contributed by atoms with Gasteiger partial charge < -0.3 is 4.13 Å². The highest BCUT2D eigenvalue weighted by atomic mass is 32.3. The maximum Gasteiger partial charge on any atom is 0.480 e. The fourth-order valence-corrected chi connectivity index (χ4v) is 3.19. The number of aromatic nitrogens is 1. The van der Waals surface area contributed by atoms with Crippen molar-refractivity contribution in [3.05, 3.63) is 34.7 Å². The first-order valence-electron chi connectivity index (χ1n) is 7.21. The van der Waals surface area contributed by atoms with E-state index in [1.165, 1.54) is 0 Å². The molecule has 1 rings (SSSR count). The Hall–Kier alpha value is -1.74. The highest BCUT2D eigenvalue weighted by Crippen LogP contribution is 2.36. The molecule has 0 saturated heterocycles. The Kier molecular flexibility index (Phi) is 9.05. The van der Waals surface area contributed by atoms with E-state index in [1.54, 1.807) is 0 Å². The average molecular weight is 458 g/mol. The quantitative estimate of drug-likeness (QED) is 0.482. The summed E-state index contributed by atoms with van der Waals surface area (Å²) in [4.78, 5) is 11.4. The molecule has 0 spiro atoms. The van der Waals surface area contributed by atoms with Crippen LogP contribution in [0.2, 0.25) is 0 Å². The van der Waals surface area contributed by atoms with Crippen molar-refractivity contribution in [3.63, 3.8) is 0 Å². The van der Waals surface area contributed by atoms with E-state index in [1.807, 2.05) is 35.2 Å². The number of sulfonamides is 2. The zero-order valence-electron chi connectivity index (χ0n) is 14.4. The van der Waals surface area contributed by atoms with Gasteiger partial charge in [-0.15, -0.1) is 0 Å². The minimum atomic E-state index is -6.72. The zero-order valence-corrected chi connectivity index (χ0v) is 16.0. The summed E-state index contributed by atoms with van der Waals surface area (Å²) < 4.78 is 111. The number of nitrogens with zero attached hydrogens (tertiary/aromatic N) is 2. The zero-order chi connectivity index (χ0) is 22.4. The van der Waals surface area contributed by atoms with Crippen LogP contribution >= 0.6 is 0 Å². The van der Waals surface area contributed by atoms with Crippen LogP contribution in [0, 0.1) is 5.92 Å². The van der Waals surface area contributed by atoms with Crippen LogP contribution in [0.25, 0.3) is 4.13 Å². The van der Waals surface area contributed by atoms with Gasteiger partial charge in [-0.1, -0.05) is 19.9 Å². The standard InChI is InChI=1S/C11H16NO.C2F6NO4S2/c1-10(2)8-11(13)9-12-6-4-3-5-7-12;3-1(4,5)14(10,11)9-15(12,13)2(6,7)8/h3-7,10H,8-9H2,1-2H3;/q+1;-1. The number of ketones is 1. The molecule has 0 aliphatic carbocycles. The maximum atomic E-state index is 11.4. The largest absolute Gasteiger partial charge is 0.480 e. The van der Waals surface area contributed by atoms with Gasteiger partial charge in [-0.05, 0) is 5.92 Å². The summed E-state index contributed by atoms with van der Waals surface area (Å²) >= 11 is 0. The van der Waals surface area contributed by atoms with Crippen LogP contribution in [0.15, 0.2) is 30.6 Å². The van der Waals surface area contributed by atoms with Crippen molar-refractivity contribution < 1.29 is 52.5 Å². The van der Waals surface area contributed by atoms with E-state index in [2.05, 4.69) is 13.8 Å². The van der Waals surface area contributed by atoms with Crippen molar-refractivity contribution in [1.29, 1.82) is 0 Å². The number of halogens is 6. The van der Waals surface area contributed by atoms with E-state index < -0.39 is 31.1 Å². The third kappa shape index (κ3) is 8.97. The second kappa shape index (κ2) is 9.65. The van der Waals surface area contributed by atoms with Gasteiger partial charge in [0, 0.05) is 18.6 Å². The number of hydrogen-bond acceptors (Lipinski definition) is 5. The Labute approximate surface area is 157 Å². The molecule has 162 valence electrons. The molecule has 0 atom stereocenters. The monoisotopic (exact) mass is 458 g/mol. The van der Waals surface area contributed by atoms with Gasteiger partial charge in [0.25, 0.3) is 0 Å². The molecule has 0 radical (unpaired) electrons. The first kappa shape index (κ1) is 26.3. The van der Waals surface area contributed by atoms with E-state index in [0.29, 0.717) is 24.7 Å². The highest BCUT2D eigenvalue weighted by Gasteiger charge is 2.46. The normalized spacial score (nSPS) is 13.0. The summed E-state index contributed by atoms with van der Waals surface area (Å²) in [5.74, 6) is 0.753. The van der Waals surface area contributed by atoms with Crippen molar-refractivity contribution >= 4 is 25.8 Å². The lowest BCUT2D eigenvalue weighted by Crippen LogP contribution is -2.37. The fourth-order valence-electron chi connectivity index (χ4n) is 1.48. The number of carbonyl (C=O) groups is 1. The highest BCUT2D eigenvalue weighted by molar-refractivity contribution is 8.13. The SMILES string of the molecule is CC(C)CC(=O)C[n+]1ccccc1.O=S(=O)([N-]S(=O)(=O)C(F)(F)F)C(F)(F)F. The van der Waals surface area contributed by atoms with Gasteiger partial charge in [-0.25, -0.2) is 16.8 Å². The molecule has 0 aromatic carbocycles. The Morgan fingerprint density at radius 2 is 1.29 bits per heavy atom. The summed E-state index contributed by atoms with van der Waals surface area (Å²) in [7, 11) is -13.4. The minimum Gasteiger partial charge on any atom is -0.421 e. The summed E-state index contributed by atoms with van der Waals surface area (Å²) in [5.41, 5.74) is -12.4.